The molecule has 134 valence electrons. The normalized spacial score (nSPS) is 15.6. The summed E-state index contributed by atoms with van der Waals surface area (Å²) in [6, 6.07) is 2.32. The van der Waals surface area contributed by atoms with E-state index in [0.29, 0.717) is 11.9 Å². The van der Waals surface area contributed by atoms with Gasteiger partial charge in [0.2, 0.25) is 5.91 Å². The van der Waals surface area contributed by atoms with Crippen molar-refractivity contribution in [2.45, 2.75) is 46.6 Å². The lowest BCUT2D eigenvalue weighted by molar-refractivity contribution is -0.135. The first-order valence-electron chi connectivity index (χ1n) is 8.85. The molecule has 0 aliphatic carbocycles. The summed E-state index contributed by atoms with van der Waals surface area (Å²) < 4.78 is 1.80. The van der Waals surface area contributed by atoms with E-state index in [1.54, 1.807) is 17.1 Å². The fourth-order valence-corrected chi connectivity index (χ4v) is 3.21. The molecule has 25 heavy (non-hydrogen) atoms. The van der Waals surface area contributed by atoms with Crippen molar-refractivity contribution in [2.75, 3.05) is 18.4 Å². The summed E-state index contributed by atoms with van der Waals surface area (Å²) in [5, 5.41) is 7.91. The van der Waals surface area contributed by atoms with Gasteiger partial charge >= 0.3 is 0 Å². The SMILES string of the molecule is Cc1cc(C)n(-c2cncc(NC3CCN(C(=O)C(C)C)CC3)n2)n1. The molecule has 1 aliphatic rings. The van der Waals surface area contributed by atoms with Gasteiger partial charge in [0.25, 0.3) is 0 Å². The van der Waals surface area contributed by atoms with Crippen molar-refractivity contribution < 1.29 is 4.79 Å². The molecule has 1 N–H and O–H groups in total. The summed E-state index contributed by atoms with van der Waals surface area (Å²) in [5.74, 6) is 1.76. The summed E-state index contributed by atoms with van der Waals surface area (Å²) in [5.41, 5.74) is 1.99. The molecule has 1 fully saturated rings. The molecule has 0 saturated carbocycles. The minimum atomic E-state index is 0.0628. The molecule has 3 heterocycles. The van der Waals surface area contributed by atoms with E-state index >= 15 is 0 Å². The third-order valence-electron chi connectivity index (χ3n) is 4.50. The number of anilines is 1. The topological polar surface area (TPSA) is 75.9 Å². The summed E-state index contributed by atoms with van der Waals surface area (Å²) in [4.78, 5) is 23.0. The van der Waals surface area contributed by atoms with Crippen molar-refractivity contribution in [2.24, 2.45) is 5.92 Å². The van der Waals surface area contributed by atoms with E-state index in [0.717, 1.165) is 43.1 Å². The van der Waals surface area contributed by atoms with Gasteiger partial charge in [0.1, 0.15) is 5.82 Å². The largest absolute Gasteiger partial charge is 0.366 e. The number of hydrogen-bond donors (Lipinski definition) is 1. The van der Waals surface area contributed by atoms with Crippen molar-refractivity contribution in [3.05, 3.63) is 29.8 Å². The maximum absolute atomic E-state index is 12.1. The van der Waals surface area contributed by atoms with Crippen LogP contribution >= 0.6 is 0 Å². The second-order valence-corrected chi connectivity index (χ2v) is 7.00. The number of likely N-dealkylation sites (tertiary alicyclic amines) is 1. The third-order valence-corrected chi connectivity index (χ3v) is 4.50. The molecule has 7 heteroatoms. The molecule has 2 aromatic rings. The van der Waals surface area contributed by atoms with Gasteiger partial charge in [-0.2, -0.15) is 5.10 Å². The molecular formula is C18H26N6O. The first kappa shape index (κ1) is 17.4. The number of aromatic nitrogens is 4. The molecule has 0 atom stereocenters. The number of nitrogens with zero attached hydrogens (tertiary/aromatic N) is 5. The molecule has 0 spiro atoms. The molecule has 0 radical (unpaired) electrons. The average Bonchev–Trinajstić information content (AvgIpc) is 2.93. The Morgan fingerprint density at radius 1 is 1.24 bits per heavy atom. The highest BCUT2D eigenvalue weighted by molar-refractivity contribution is 5.78. The van der Waals surface area contributed by atoms with Crippen LogP contribution in [-0.2, 0) is 4.79 Å². The van der Waals surface area contributed by atoms with Crippen LogP contribution in [-0.4, -0.2) is 49.7 Å². The van der Waals surface area contributed by atoms with Crippen LogP contribution in [0.2, 0.25) is 0 Å². The van der Waals surface area contributed by atoms with Crippen LogP contribution in [0.5, 0.6) is 0 Å². The molecule has 7 nitrogen and oxygen atoms in total. The molecule has 3 rings (SSSR count). The van der Waals surface area contributed by atoms with E-state index < -0.39 is 0 Å². The van der Waals surface area contributed by atoms with Crippen molar-refractivity contribution in [1.29, 1.82) is 0 Å². The van der Waals surface area contributed by atoms with Gasteiger partial charge in [0.15, 0.2) is 5.82 Å². The Kier molecular flexibility index (Phi) is 5.01. The fraction of sp³-hybridized carbons (Fsp3) is 0.556. The number of piperidine rings is 1. The zero-order chi connectivity index (χ0) is 18.0. The molecule has 0 aromatic carbocycles. The van der Waals surface area contributed by atoms with Gasteiger partial charge in [0.05, 0.1) is 18.1 Å². The lowest BCUT2D eigenvalue weighted by Crippen LogP contribution is -2.44. The Morgan fingerprint density at radius 2 is 1.96 bits per heavy atom. The zero-order valence-corrected chi connectivity index (χ0v) is 15.4. The van der Waals surface area contributed by atoms with Crippen LogP contribution in [0.25, 0.3) is 5.82 Å². The predicted octanol–water partition coefficient (Wildman–Crippen LogP) is 2.34. The molecule has 1 aliphatic heterocycles. The number of aryl methyl sites for hydroxylation is 2. The quantitative estimate of drug-likeness (QED) is 0.923. The number of amides is 1. The highest BCUT2D eigenvalue weighted by Gasteiger charge is 2.24. The number of carbonyl (C=O) groups is 1. The minimum Gasteiger partial charge on any atom is -0.366 e. The molecule has 1 saturated heterocycles. The van der Waals surface area contributed by atoms with Crippen LogP contribution in [0.1, 0.15) is 38.1 Å². The standard InChI is InChI=1S/C18H26N6O/c1-12(2)18(25)23-7-5-15(6-8-23)20-16-10-19-11-17(21-16)24-14(4)9-13(3)22-24/h9-12,15H,5-8H2,1-4H3,(H,20,21). The third kappa shape index (κ3) is 3.97. The second-order valence-electron chi connectivity index (χ2n) is 7.00. The van der Waals surface area contributed by atoms with Gasteiger partial charge in [-0.1, -0.05) is 13.8 Å². The molecule has 0 unspecified atom stereocenters. The first-order valence-corrected chi connectivity index (χ1v) is 8.85. The first-order chi connectivity index (χ1) is 11.9. The van der Waals surface area contributed by atoms with Crippen molar-refractivity contribution in [3.8, 4) is 5.82 Å². The Bertz CT molecular complexity index is 746. The minimum absolute atomic E-state index is 0.0628. The maximum Gasteiger partial charge on any atom is 0.225 e. The Morgan fingerprint density at radius 3 is 2.56 bits per heavy atom. The summed E-state index contributed by atoms with van der Waals surface area (Å²) >= 11 is 0. The monoisotopic (exact) mass is 342 g/mol. The van der Waals surface area contributed by atoms with Gasteiger partial charge in [-0.25, -0.2) is 9.67 Å². The van der Waals surface area contributed by atoms with Crippen molar-refractivity contribution in [1.82, 2.24) is 24.6 Å². The fourth-order valence-electron chi connectivity index (χ4n) is 3.21. The van der Waals surface area contributed by atoms with Crippen LogP contribution in [0, 0.1) is 19.8 Å². The predicted molar refractivity (Wildman–Crippen MR) is 96.7 cm³/mol. The summed E-state index contributed by atoms with van der Waals surface area (Å²) in [6.07, 6.45) is 5.30. The number of rotatable bonds is 4. The summed E-state index contributed by atoms with van der Waals surface area (Å²) in [7, 11) is 0. The van der Waals surface area contributed by atoms with Crippen LogP contribution in [0.15, 0.2) is 18.5 Å². The van der Waals surface area contributed by atoms with E-state index in [9.17, 15) is 4.79 Å². The molecule has 1 amide bonds. The summed E-state index contributed by atoms with van der Waals surface area (Å²) in [6.45, 7) is 9.45. The highest BCUT2D eigenvalue weighted by Crippen LogP contribution is 2.18. The number of hydrogen-bond acceptors (Lipinski definition) is 5. The highest BCUT2D eigenvalue weighted by atomic mass is 16.2. The van der Waals surface area contributed by atoms with Crippen LogP contribution in [0.4, 0.5) is 5.82 Å². The molecular weight excluding hydrogens is 316 g/mol. The van der Waals surface area contributed by atoms with Gasteiger partial charge in [0, 0.05) is 30.7 Å². The van der Waals surface area contributed by atoms with Gasteiger partial charge < -0.3 is 10.2 Å². The van der Waals surface area contributed by atoms with E-state index in [1.165, 1.54) is 0 Å². The van der Waals surface area contributed by atoms with Gasteiger partial charge in [-0.05, 0) is 32.8 Å². The smallest absolute Gasteiger partial charge is 0.225 e. The van der Waals surface area contributed by atoms with Crippen LogP contribution < -0.4 is 5.32 Å². The lowest BCUT2D eigenvalue weighted by atomic mass is 10.0. The Hall–Kier alpha value is -2.44. The number of nitrogens with one attached hydrogen (secondary N) is 1. The van der Waals surface area contributed by atoms with Crippen LogP contribution in [0.3, 0.4) is 0 Å². The van der Waals surface area contributed by atoms with Gasteiger partial charge in [-0.15, -0.1) is 0 Å². The average molecular weight is 342 g/mol. The molecule has 2 aromatic heterocycles. The maximum atomic E-state index is 12.1. The Balaban J connectivity index is 1.64. The van der Waals surface area contributed by atoms with E-state index in [-0.39, 0.29) is 11.8 Å². The van der Waals surface area contributed by atoms with E-state index in [4.69, 9.17) is 0 Å². The van der Waals surface area contributed by atoms with E-state index in [2.05, 4.69) is 20.4 Å². The van der Waals surface area contributed by atoms with Gasteiger partial charge in [-0.3, -0.25) is 9.78 Å². The molecule has 0 bridgehead atoms. The second kappa shape index (κ2) is 7.21. The van der Waals surface area contributed by atoms with E-state index in [1.807, 2.05) is 38.7 Å². The van der Waals surface area contributed by atoms with Crippen molar-refractivity contribution in [3.63, 3.8) is 0 Å². The lowest BCUT2D eigenvalue weighted by Gasteiger charge is -2.33. The van der Waals surface area contributed by atoms with Crippen molar-refractivity contribution >= 4 is 11.7 Å². The Labute approximate surface area is 148 Å². The number of carbonyl (C=O) groups excluding carboxylic acids is 1. The zero-order valence-electron chi connectivity index (χ0n) is 15.4.